The van der Waals surface area contributed by atoms with Crippen LogP contribution in [0.3, 0.4) is 0 Å². The SMILES string of the molecule is NC(=O)c1ccsc1NC(=O)CN[C@H](c1ccc(F)cc1)c1cccs1. The minimum atomic E-state index is -0.586. The Morgan fingerprint density at radius 3 is 2.50 bits per heavy atom. The fourth-order valence-electron chi connectivity index (χ4n) is 2.46. The van der Waals surface area contributed by atoms with Crippen LogP contribution in [-0.2, 0) is 4.79 Å². The first-order chi connectivity index (χ1) is 12.5. The van der Waals surface area contributed by atoms with Gasteiger partial charge in [0.1, 0.15) is 10.8 Å². The first-order valence-corrected chi connectivity index (χ1v) is 9.50. The van der Waals surface area contributed by atoms with Crippen LogP contribution in [0, 0.1) is 5.82 Å². The summed E-state index contributed by atoms with van der Waals surface area (Å²) in [5.41, 5.74) is 6.43. The highest BCUT2D eigenvalue weighted by atomic mass is 32.1. The van der Waals surface area contributed by atoms with Gasteiger partial charge in [-0.1, -0.05) is 18.2 Å². The van der Waals surface area contributed by atoms with E-state index in [9.17, 15) is 14.0 Å². The molecule has 1 atom stereocenters. The Kier molecular flexibility index (Phi) is 5.77. The lowest BCUT2D eigenvalue weighted by atomic mass is 10.1. The van der Waals surface area contributed by atoms with Crippen molar-refractivity contribution in [1.82, 2.24) is 5.32 Å². The molecule has 0 saturated heterocycles. The van der Waals surface area contributed by atoms with Crippen LogP contribution in [0.15, 0.2) is 53.2 Å². The lowest BCUT2D eigenvalue weighted by Crippen LogP contribution is -2.31. The Hall–Kier alpha value is -2.55. The number of hydrogen-bond acceptors (Lipinski definition) is 5. The Morgan fingerprint density at radius 2 is 1.85 bits per heavy atom. The molecule has 2 aromatic heterocycles. The van der Waals surface area contributed by atoms with Crippen molar-refractivity contribution in [2.24, 2.45) is 5.73 Å². The van der Waals surface area contributed by atoms with Crippen LogP contribution < -0.4 is 16.4 Å². The van der Waals surface area contributed by atoms with Gasteiger partial charge in [0.2, 0.25) is 5.91 Å². The molecule has 26 heavy (non-hydrogen) atoms. The van der Waals surface area contributed by atoms with Gasteiger partial charge in [-0.3, -0.25) is 14.9 Å². The number of hydrogen-bond donors (Lipinski definition) is 3. The Bertz CT molecular complexity index is 892. The molecular weight excluding hydrogens is 373 g/mol. The van der Waals surface area contributed by atoms with Gasteiger partial charge in [-0.15, -0.1) is 22.7 Å². The highest BCUT2D eigenvalue weighted by Gasteiger charge is 2.17. The number of primary amides is 1. The quantitative estimate of drug-likeness (QED) is 0.579. The van der Waals surface area contributed by atoms with Crippen molar-refractivity contribution in [2.75, 3.05) is 11.9 Å². The summed E-state index contributed by atoms with van der Waals surface area (Å²) in [6.45, 7) is 0.0239. The summed E-state index contributed by atoms with van der Waals surface area (Å²) in [5.74, 6) is -1.19. The number of carbonyl (C=O) groups excluding carboxylic acids is 2. The van der Waals surface area contributed by atoms with Crippen LogP contribution in [-0.4, -0.2) is 18.4 Å². The van der Waals surface area contributed by atoms with Crippen molar-refractivity contribution in [3.63, 3.8) is 0 Å². The number of halogens is 1. The number of nitrogens with one attached hydrogen (secondary N) is 2. The lowest BCUT2D eigenvalue weighted by Gasteiger charge is -2.18. The van der Waals surface area contributed by atoms with Gasteiger partial charge >= 0.3 is 0 Å². The molecule has 3 aromatic rings. The number of thiophene rings is 2. The highest BCUT2D eigenvalue weighted by molar-refractivity contribution is 7.14. The normalized spacial score (nSPS) is 11.9. The summed E-state index contributed by atoms with van der Waals surface area (Å²) >= 11 is 2.78. The third-order valence-corrected chi connectivity index (χ3v) is 5.45. The van der Waals surface area contributed by atoms with Crippen LogP contribution in [0.5, 0.6) is 0 Å². The van der Waals surface area contributed by atoms with Crippen molar-refractivity contribution in [3.05, 3.63) is 75.0 Å². The van der Waals surface area contributed by atoms with E-state index in [1.165, 1.54) is 23.5 Å². The maximum absolute atomic E-state index is 13.2. The average molecular weight is 389 g/mol. The van der Waals surface area contributed by atoms with Crippen molar-refractivity contribution in [3.8, 4) is 0 Å². The van der Waals surface area contributed by atoms with Gasteiger partial charge in [-0.05, 0) is 40.6 Å². The fraction of sp³-hybridized carbons (Fsp3) is 0.111. The van der Waals surface area contributed by atoms with E-state index in [-0.39, 0.29) is 29.9 Å². The molecule has 2 amide bonds. The maximum Gasteiger partial charge on any atom is 0.251 e. The number of amides is 2. The number of benzene rings is 1. The second-order valence-electron chi connectivity index (χ2n) is 5.46. The molecule has 0 aliphatic rings. The van der Waals surface area contributed by atoms with Gasteiger partial charge in [0.25, 0.3) is 5.91 Å². The largest absolute Gasteiger partial charge is 0.366 e. The van der Waals surface area contributed by atoms with E-state index in [1.54, 1.807) is 34.9 Å². The number of nitrogens with two attached hydrogens (primary N) is 1. The summed E-state index contributed by atoms with van der Waals surface area (Å²) in [4.78, 5) is 24.6. The fourth-order valence-corrected chi connectivity index (χ4v) is 4.09. The zero-order valence-electron chi connectivity index (χ0n) is 13.6. The van der Waals surface area contributed by atoms with Crippen molar-refractivity contribution >= 4 is 39.5 Å². The molecule has 134 valence electrons. The van der Waals surface area contributed by atoms with Gasteiger partial charge in [0.15, 0.2) is 0 Å². The summed E-state index contributed by atoms with van der Waals surface area (Å²) in [6, 6.07) is 11.4. The lowest BCUT2D eigenvalue weighted by molar-refractivity contribution is -0.115. The van der Waals surface area contributed by atoms with E-state index in [0.717, 1.165) is 10.4 Å². The first kappa shape index (κ1) is 18.2. The topological polar surface area (TPSA) is 84.2 Å². The molecule has 0 saturated carbocycles. The Morgan fingerprint density at radius 1 is 1.08 bits per heavy atom. The smallest absolute Gasteiger partial charge is 0.251 e. The molecule has 1 aromatic carbocycles. The molecule has 5 nitrogen and oxygen atoms in total. The van der Waals surface area contributed by atoms with Gasteiger partial charge in [-0.2, -0.15) is 0 Å². The van der Waals surface area contributed by atoms with Gasteiger partial charge < -0.3 is 11.1 Å². The number of rotatable bonds is 7. The molecule has 0 radical (unpaired) electrons. The van der Waals surface area contributed by atoms with Crippen LogP contribution >= 0.6 is 22.7 Å². The average Bonchev–Trinajstić information content (AvgIpc) is 3.28. The molecule has 0 bridgehead atoms. The van der Waals surface area contributed by atoms with E-state index < -0.39 is 5.91 Å². The minimum absolute atomic E-state index is 0.0239. The molecular formula is C18H16FN3O2S2. The number of carbonyl (C=O) groups is 2. The molecule has 0 unspecified atom stereocenters. The summed E-state index contributed by atoms with van der Waals surface area (Å²) < 4.78 is 13.2. The zero-order chi connectivity index (χ0) is 18.5. The zero-order valence-corrected chi connectivity index (χ0v) is 15.2. The van der Waals surface area contributed by atoms with Crippen molar-refractivity contribution in [2.45, 2.75) is 6.04 Å². The van der Waals surface area contributed by atoms with E-state index in [2.05, 4.69) is 10.6 Å². The van der Waals surface area contributed by atoms with Crippen LogP contribution in [0.4, 0.5) is 9.39 Å². The molecule has 8 heteroatoms. The molecule has 3 rings (SSSR count). The second kappa shape index (κ2) is 8.22. The summed E-state index contributed by atoms with van der Waals surface area (Å²) in [6.07, 6.45) is 0. The van der Waals surface area contributed by atoms with Crippen LogP contribution in [0.25, 0.3) is 0 Å². The van der Waals surface area contributed by atoms with Crippen LogP contribution in [0.1, 0.15) is 26.8 Å². The monoisotopic (exact) mass is 389 g/mol. The third-order valence-electron chi connectivity index (χ3n) is 3.68. The second-order valence-corrected chi connectivity index (χ2v) is 7.35. The maximum atomic E-state index is 13.2. The Balaban J connectivity index is 1.70. The number of anilines is 1. The standard InChI is InChI=1S/C18H16FN3O2S2/c19-12-5-3-11(4-6-12)16(14-2-1-8-25-14)21-10-15(23)22-18-13(17(20)24)7-9-26-18/h1-9,16,21H,10H2,(H2,20,24)(H,22,23)/t16-/m1/s1. The predicted octanol–water partition coefficient (Wildman–Crippen LogP) is 3.37. The van der Waals surface area contributed by atoms with E-state index in [4.69, 9.17) is 5.73 Å². The van der Waals surface area contributed by atoms with E-state index in [1.807, 2.05) is 17.5 Å². The Labute approximate surface area is 157 Å². The third kappa shape index (κ3) is 4.34. The predicted molar refractivity (Wildman–Crippen MR) is 102 cm³/mol. The van der Waals surface area contributed by atoms with Gasteiger partial charge in [0, 0.05) is 4.88 Å². The molecule has 0 fully saturated rings. The van der Waals surface area contributed by atoms with Gasteiger partial charge in [-0.25, -0.2) is 4.39 Å². The minimum Gasteiger partial charge on any atom is -0.366 e. The highest BCUT2D eigenvalue weighted by Crippen LogP contribution is 2.26. The summed E-state index contributed by atoms with van der Waals surface area (Å²) in [7, 11) is 0. The molecule has 0 spiro atoms. The van der Waals surface area contributed by atoms with E-state index >= 15 is 0 Å². The molecule has 0 aliphatic carbocycles. The molecule has 0 aliphatic heterocycles. The summed E-state index contributed by atoms with van der Waals surface area (Å²) in [5, 5.41) is 9.94. The molecule has 2 heterocycles. The van der Waals surface area contributed by atoms with Crippen molar-refractivity contribution in [1.29, 1.82) is 0 Å². The van der Waals surface area contributed by atoms with E-state index in [0.29, 0.717) is 5.00 Å². The first-order valence-electron chi connectivity index (χ1n) is 7.74. The van der Waals surface area contributed by atoms with Crippen molar-refractivity contribution < 1.29 is 14.0 Å². The van der Waals surface area contributed by atoms with Gasteiger partial charge in [0.05, 0.1) is 18.2 Å². The van der Waals surface area contributed by atoms with Crippen LogP contribution in [0.2, 0.25) is 0 Å². The molecule has 4 N–H and O–H groups in total.